The number of halogens is 6. The van der Waals surface area contributed by atoms with E-state index >= 15 is 0 Å². The van der Waals surface area contributed by atoms with Crippen molar-refractivity contribution in [2.75, 3.05) is 11.9 Å². The lowest BCUT2D eigenvalue weighted by atomic mass is 9.90. The van der Waals surface area contributed by atoms with E-state index in [1.807, 2.05) is 0 Å². The molecule has 1 aromatic rings. The summed E-state index contributed by atoms with van der Waals surface area (Å²) in [5.74, 6) is 0.452. The van der Waals surface area contributed by atoms with Crippen molar-refractivity contribution in [1.82, 2.24) is 10.6 Å². The summed E-state index contributed by atoms with van der Waals surface area (Å²) in [6.07, 6.45) is -6.04. The molecule has 0 saturated heterocycles. The molecule has 0 amide bonds. The van der Waals surface area contributed by atoms with E-state index in [2.05, 4.69) is 29.8 Å². The quantitative estimate of drug-likeness (QED) is 0.413. The van der Waals surface area contributed by atoms with Crippen molar-refractivity contribution in [1.29, 1.82) is 0 Å². The van der Waals surface area contributed by atoms with Crippen molar-refractivity contribution in [2.24, 2.45) is 5.92 Å². The Morgan fingerprint density at radius 2 is 1.48 bits per heavy atom. The van der Waals surface area contributed by atoms with Crippen molar-refractivity contribution in [3.63, 3.8) is 0 Å². The molecule has 3 N–H and O–H groups in total. The monoisotopic (exact) mass is 441 g/mol. The van der Waals surface area contributed by atoms with Gasteiger partial charge < -0.3 is 16.0 Å². The molecule has 1 aliphatic rings. The number of alkyl halides is 6. The second kappa shape index (κ2) is 9.51. The van der Waals surface area contributed by atoms with Crippen LogP contribution in [-0.2, 0) is 12.4 Å². The molecule has 164 valence electrons. The van der Waals surface area contributed by atoms with Crippen LogP contribution in [0.5, 0.6) is 0 Å². The summed E-state index contributed by atoms with van der Waals surface area (Å²) in [5, 5.41) is 9.00. The molecule has 10 heteroatoms. The van der Waals surface area contributed by atoms with Crippen LogP contribution >= 0.6 is 12.2 Å². The summed E-state index contributed by atoms with van der Waals surface area (Å²) in [6, 6.07) is 1.43. The number of benzene rings is 1. The van der Waals surface area contributed by atoms with Gasteiger partial charge in [-0.25, -0.2) is 0 Å². The zero-order valence-corrected chi connectivity index (χ0v) is 17.0. The fourth-order valence-electron chi connectivity index (χ4n) is 3.30. The average Bonchev–Trinajstić information content (AvgIpc) is 2.59. The van der Waals surface area contributed by atoms with Gasteiger partial charge in [0.05, 0.1) is 11.1 Å². The maximum Gasteiger partial charge on any atom is 0.416 e. The fourth-order valence-corrected chi connectivity index (χ4v) is 3.57. The van der Waals surface area contributed by atoms with Gasteiger partial charge in [0.2, 0.25) is 0 Å². The Labute approximate surface area is 171 Å². The first-order valence-corrected chi connectivity index (χ1v) is 9.87. The Kier molecular flexibility index (Phi) is 7.78. The highest BCUT2D eigenvalue weighted by Gasteiger charge is 2.37. The highest BCUT2D eigenvalue weighted by atomic mass is 32.1. The molecule has 1 aliphatic carbocycles. The van der Waals surface area contributed by atoms with Crippen LogP contribution in [0.25, 0.3) is 0 Å². The van der Waals surface area contributed by atoms with Gasteiger partial charge in [-0.1, -0.05) is 26.7 Å². The van der Waals surface area contributed by atoms with Crippen LogP contribution < -0.4 is 16.0 Å². The number of anilines is 1. The number of thiocarbonyl (C=S) groups is 1. The minimum atomic E-state index is -4.90. The molecule has 2 atom stereocenters. The Morgan fingerprint density at radius 3 is 1.97 bits per heavy atom. The summed E-state index contributed by atoms with van der Waals surface area (Å²) in [7, 11) is 0. The lowest BCUT2D eigenvalue weighted by molar-refractivity contribution is -0.143. The second-order valence-electron chi connectivity index (χ2n) is 7.69. The van der Waals surface area contributed by atoms with Crippen LogP contribution in [0.3, 0.4) is 0 Å². The van der Waals surface area contributed by atoms with E-state index in [0.29, 0.717) is 18.1 Å². The largest absolute Gasteiger partial charge is 0.416 e. The molecule has 0 radical (unpaired) electrons. The number of rotatable bonds is 5. The smallest absolute Gasteiger partial charge is 0.358 e. The van der Waals surface area contributed by atoms with Gasteiger partial charge in [0.25, 0.3) is 0 Å². The third kappa shape index (κ3) is 7.33. The maximum atomic E-state index is 13.0. The Balaban J connectivity index is 2.12. The zero-order valence-electron chi connectivity index (χ0n) is 16.2. The molecular weight excluding hydrogens is 416 g/mol. The summed E-state index contributed by atoms with van der Waals surface area (Å²) in [4.78, 5) is 0. The number of nitrogens with one attached hydrogen (secondary N) is 3. The first-order valence-electron chi connectivity index (χ1n) is 9.46. The predicted molar refractivity (Wildman–Crippen MR) is 105 cm³/mol. The van der Waals surface area contributed by atoms with Gasteiger partial charge in [-0.3, -0.25) is 0 Å². The van der Waals surface area contributed by atoms with Gasteiger partial charge >= 0.3 is 12.4 Å². The van der Waals surface area contributed by atoms with Crippen LogP contribution in [-0.4, -0.2) is 23.7 Å². The molecule has 0 bridgehead atoms. The molecule has 1 aromatic carbocycles. The summed E-state index contributed by atoms with van der Waals surface area (Å²) >= 11 is 5.17. The highest BCUT2D eigenvalue weighted by molar-refractivity contribution is 7.80. The van der Waals surface area contributed by atoms with Crippen molar-refractivity contribution < 1.29 is 26.3 Å². The molecule has 29 heavy (non-hydrogen) atoms. The standard InChI is InChI=1S/C19H25F6N3S/c1-11(2)10-26-15-5-3-4-6-16(15)28-17(29)27-14-8-12(18(20,21)22)7-13(9-14)19(23,24)25/h7-9,11,15-16,26H,3-6,10H2,1-2H3,(H2,27,28,29)/t15-,16-/m1/s1. The van der Waals surface area contributed by atoms with Crippen LogP contribution in [0.4, 0.5) is 32.0 Å². The van der Waals surface area contributed by atoms with Gasteiger partial charge in [-0.05, 0) is 55.7 Å². The molecular formula is C19H25F6N3S. The van der Waals surface area contributed by atoms with Crippen molar-refractivity contribution in [3.8, 4) is 0 Å². The van der Waals surface area contributed by atoms with E-state index in [9.17, 15) is 26.3 Å². The van der Waals surface area contributed by atoms with E-state index in [1.165, 1.54) is 0 Å². The van der Waals surface area contributed by atoms with E-state index in [0.717, 1.165) is 32.2 Å². The number of hydrogen-bond acceptors (Lipinski definition) is 2. The topological polar surface area (TPSA) is 36.1 Å². The van der Waals surface area contributed by atoms with Gasteiger partial charge in [-0.15, -0.1) is 0 Å². The predicted octanol–water partition coefficient (Wildman–Crippen LogP) is 5.57. The van der Waals surface area contributed by atoms with Crippen molar-refractivity contribution >= 4 is 23.0 Å². The van der Waals surface area contributed by atoms with Gasteiger partial charge in [0.15, 0.2) is 5.11 Å². The third-order valence-corrected chi connectivity index (χ3v) is 4.94. The van der Waals surface area contributed by atoms with Crippen LogP contribution in [0, 0.1) is 5.92 Å². The average molecular weight is 441 g/mol. The summed E-state index contributed by atoms with van der Waals surface area (Å²) < 4.78 is 78.0. The van der Waals surface area contributed by atoms with Crippen LogP contribution in [0.2, 0.25) is 0 Å². The van der Waals surface area contributed by atoms with Gasteiger partial charge in [0.1, 0.15) is 0 Å². The SMILES string of the molecule is CC(C)CN[C@@H]1CCCC[C@H]1NC(=S)Nc1cc(C(F)(F)F)cc(C(F)(F)F)c1. The zero-order chi connectivity index (χ0) is 21.8. The molecule has 2 rings (SSSR count). The molecule has 3 nitrogen and oxygen atoms in total. The summed E-state index contributed by atoms with van der Waals surface area (Å²) in [5.41, 5.74) is -3.12. The highest BCUT2D eigenvalue weighted by Crippen LogP contribution is 2.37. The molecule has 1 fully saturated rings. The normalized spacial score (nSPS) is 20.6. The Hall–Kier alpha value is -1.55. The molecule has 0 unspecified atom stereocenters. The number of hydrogen-bond donors (Lipinski definition) is 3. The second-order valence-corrected chi connectivity index (χ2v) is 8.10. The third-order valence-electron chi connectivity index (χ3n) is 4.72. The first kappa shape index (κ1) is 23.7. The van der Waals surface area contributed by atoms with Crippen LogP contribution in [0.1, 0.15) is 50.7 Å². The van der Waals surface area contributed by atoms with Gasteiger partial charge in [-0.2, -0.15) is 26.3 Å². The van der Waals surface area contributed by atoms with E-state index < -0.39 is 23.5 Å². The molecule has 0 aliphatic heterocycles. The minimum absolute atomic E-state index is 0.000644. The van der Waals surface area contributed by atoms with E-state index in [1.54, 1.807) is 0 Å². The molecule has 0 spiro atoms. The molecule has 1 saturated carbocycles. The molecule has 0 aromatic heterocycles. The van der Waals surface area contributed by atoms with E-state index in [-0.39, 0.29) is 28.9 Å². The van der Waals surface area contributed by atoms with Crippen LogP contribution in [0.15, 0.2) is 18.2 Å². The Bertz CT molecular complexity index is 670. The van der Waals surface area contributed by atoms with E-state index in [4.69, 9.17) is 12.2 Å². The van der Waals surface area contributed by atoms with Gasteiger partial charge in [0, 0.05) is 17.8 Å². The first-order chi connectivity index (χ1) is 13.4. The maximum absolute atomic E-state index is 13.0. The fraction of sp³-hybridized carbons (Fsp3) is 0.632. The lowest BCUT2D eigenvalue weighted by Gasteiger charge is -2.34. The lowest BCUT2D eigenvalue weighted by Crippen LogP contribution is -2.53. The van der Waals surface area contributed by atoms with Crippen molar-refractivity contribution in [3.05, 3.63) is 29.3 Å². The minimum Gasteiger partial charge on any atom is -0.358 e. The van der Waals surface area contributed by atoms with Crippen molar-refractivity contribution in [2.45, 2.75) is 64.0 Å². The summed E-state index contributed by atoms with van der Waals surface area (Å²) in [6.45, 7) is 4.97. The Morgan fingerprint density at radius 1 is 0.966 bits per heavy atom. The molecule has 0 heterocycles.